The van der Waals surface area contributed by atoms with Gasteiger partial charge in [-0.25, -0.2) is 4.98 Å². The van der Waals surface area contributed by atoms with Crippen LogP contribution in [0.25, 0.3) is 0 Å². The van der Waals surface area contributed by atoms with E-state index in [0.717, 1.165) is 4.47 Å². The summed E-state index contributed by atoms with van der Waals surface area (Å²) in [7, 11) is 0. The van der Waals surface area contributed by atoms with E-state index in [1.807, 2.05) is 12.1 Å². The number of nitrogens with two attached hydrogens (primary N) is 1. The monoisotopic (exact) mass is 433 g/mol. The lowest BCUT2D eigenvalue weighted by molar-refractivity contribution is 0.0962. The average molecular weight is 435 g/mol. The number of hydrogen-bond acceptors (Lipinski definition) is 6. The van der Waals surface area contributed by atoms with Crippen LogP contribution in [0.5, 0.6) is 11.6 Å². The molecule has 1 heterocycles. The van der Waals surface area contributed by atoms with E-state index in [0.29, 0.717) is 16.3 Å². The number of nitrogens with zero attached hydrogens (tertiary/aromatic N) is 2. The van der Waals surface area contributed by atoms with Crippen molar-refractivity contribution in [3.63, 3.8) is 0 Å². The second-order valence-corrected chi connectivity index (χ2v) is 6.44. The Labute approximate surface area is 162 Å². The zero-order valence-electron chi connectivity index (χ0n) is 13.2. The summed E-state index contributed by atoms with van der Waals surface area (Å²) in [4.78, 5) is 20.1. The first-order chi connectivity index (χ1) is 12.5. The van der Waals surface area contributed by atoms with E-state index in [2.05, 4.69) is 36.7 Å². The Morgan fingerprint density at radius 2 is 1.77 bits per heavy atom. The van der Waals surface area contributed by atoms with Gasteiger partial charge in [0.1, 0.15) is 17.8 Å². The molecule has 132 valence electrons. The lowest BCUT2D eigenvalue weighted by Gasteiger charge is -2.12. The first-order valence-corrected chi connectivity index (χ1v) is 8.56. The van der Waals surface area contributed by atoms with Gasteiger partial charge in [0.2, 0.25) is 5.88 Å². The Balaban J connectivity index is 1.69. The molecule has 0 atom stereocenters. The minimum Gasteiger partial charge on any atom is -0.437 e. The standard InChI is InChI=1S/C17H13BrClN5O2/c18-11-3-7-13(8-4-11)26-17-14(20)15(21-9-22-17)23-24-16(25)10-1-5-12(19)6-2-10/h1-9H,20H2,(H,24,25)(H,21,22,23). The second-order valence-electron chi connectivity index (χ2n) is 5.08. The number of ether oxygens (including phenoxy) is 1. The zero-order chi connectivity index (χ0) is 18.5. The van der Waals surface area contributed by atoms with Gasteiger partial charge in [0.15, 0.2) is 5.82 Å². The van der Waals surface area contributed by atoms with Gasteiger partial charge in [-0.05, 0) is 48.5 Å². The van der Waals surface area contributed by atoms with Crippen molar-refractivity contribution in [2.75, 3.05) is 11.2 Å². The van der Waals surface area contributed by atoms with E-state index in [1.54, 1.807) is 36.4 Å². The summed E-state index contributed by atoms with van der Waals surface area (Å²) in [5.41, 5.74) is 11.8. The molecule has 7 nitrogen and oxygen atoms in total. The maximum absolute atomic E-state index is 12.1. The van der Waals surface area contributed by atoms with E-state index in [4.69, 9.17) is 22.1 Å². The van der Waals surface area contributed by atoms with E-state index < -0.39 is 0 Å². The molecule has 0 aliphatic carbocycles. The van der Waals surface area contributed by atoms with Crippen LogP contribution in [0, 0.1) is 0 Å². The predicted octanol–water partition coefficient (Wildman–Crippen LogP) is 4.02. The third-order valence-electron chi connectivity index (χ3n) is 3.28. The normalized spacial score (nSPS) is 10.2. The van der Waals surface area contributed by atoms with Gasteiger partial charge in [-0.3, -0.25) is 15.6 Å². The Morgan fingerprint density at radius 1 is 1.08 bits per heavy atom. The molecule has 2 aromatic carbocycles. The molecular formula is C17H13BrClN5O2. The number of hydrogen-bond donors (Lipinski definition) is 3. The van der Waals surface area contributed by atoms with Crippen LogP contribution in [0.2, 0.25) is 5.02 Å². The van der Waals surface area contributed by atoms with Crippen molar-refractivity contribution in [1.29, 1.82) is 0 Å². The molecular weight excluding hydrogens is 422 g/mol. The number of nitrogen functional groups attached to an aromatic ring is 1. The molecule has 0 saturated heterocycles. The summed E-state index contributed by atoms with van der Waals surface area (Å²) in [6.07, 6.45) is 1.28. The van der Waals surface area contributed by atoms with Gasteiger partial charge >= 0.3 is 0 Å². The average Bonchev–Trinajstić information content (AvgIpc) is 2.64. The highest BCUT2D eigenvalue weighted by molar-refractivity contribution is 9.10. The summed E-state index contributed by atoms with van der Waals surface area (Å²) in [6, 6.07) is 13.6. The van der Waals surface area contributed by atoms with Gasteiger partial charge in [0, 0.05) is 15.1 Å². The van der Waals surface area contributed by atoms with Crippen LogP contribution >= 0.6 is 27.5 Å². The van der Waals surface area contributed by atoms with Crippen LogP contribution in [0.15, 0.2) is 59.3 Å². The predicted molar refractivity (Wildman–Crippen MR) is 103 cm³/mol. The van der Waals surface area contributed by atoms with Crippen LogP contribution in [0.3, 0.4) is 0 Å². The third kappa shape index (κ3) is 4.41. The molecule has 4 N–H and O–H groups in total. The molecule has 0 unspecified atom stereocenters. The van der Waals surface area contributed by atoms with E-state index in [1.165, 1.54) is 6.33 Å². The maximum Gasteiger partial charge on any atom is 0.269 e. The number of halogens is 2. The van der Waals surface area contributed by atoms with E-state index in [-0.39, 0.29) is 23.3 Å². The van der Waals surface area contributed by atoms with Gasteiger partial charge < -0.3 is 10.5 Å². The summed E-state index contributed by atoms with van der Waals surface area (Å²) >= 11 is 9.16. The Morgan fingerprint density at radius 3 is 2.46 bits per heavy atom. The minimum atomic E-state index is -0.366. The topological polar surface area (TPSA) is 102 Å². The van der Waals surface area contributed by atoms with Gasteiger partial charge in [0.05, 0.1) is 0 Å². The fourth-order valence-corrected chi connectivity index (χ4v) is 2.35. The van der Waals surface area contributed by atoms with Gasteiger partial charge in [-0.15, -0.1) is 0 Å². The van der Waals surface area contributed by atoms with Crippen LogP contribution in [0.4, 0.5) is 11.5 Å². The smallest absolute Gasteiger partial charge is 0.269 e. The van der Waals surface area contributed by atoms with Crippen LogP contribution in [-0.4, -0.2) is 15.9 Å². The van der Waals surface area contributed by atoms with Crippen molar-refractivity contribution in [2.45, 2.75) is 0 Å². The first-order valence-electron chi connectivity index (χ1n) is 7.39. The molecule has 9 heteroatoms. The molecule has 0 saturated carbocycles. The SMILES string of the molecule is Nc1c(NNC(=O)c2ccc(Cl)cc2)ncnc1Oc1ccc(Br)cc1. The zero-order valence-corrected chi connectivity index (χ0v) is 15.6. The van der Waals surface area contributed by atoms with Gasteiger partial charge in [-0.2, -0.15) is 4.98 Å². The van der Waals surface area contributed by atoms with Crippen LogP contribution < -0.4 is 21.3 Å². The molecule has 0 aliphatic heterocycles. The molecule has 3 rings (SSSR count). The quantitative estimate of drug-likeness (QED) is 0.524. The molecule has 0 aliphatic rings. The summed E-state index contributed by atoms with van der Waals surface area (Å²) in [6.45, 7) is 0. The number of nitrogens with one attached hydrogen (secondary N) is 2. The number of aromatic nitrogens is 2. The fraction of sp³-hybridized carbons (Fsp3) is 0. The van der Waals surface area contributed by atoms with Crippen molar-refractivity contribution >= 4 is 44.9 Å². The molecule has 26 heavy (non-hydrogen) atoms. The number of carbonyl (C=O) groups is 1. The van der Waals surface area contributed by atoms with Crippen molar-refractivity contribution in [2.24, 2.45) is 0 Å². The van der Waals surface area contributed by atoms with Gasteiger partial charge in [0.25, 0.3) is 5.91 Å². The van der Waals surface area contributed by atoms with Crippen molar-refractivity contribution < 1.29 is 9.53 Å². The lowest BCUT2D eigenvalue weighted by atomic mass is 10.2. The van der Waals surface area contributed by atoms with Crippen molar-refractivity contribution in [3.8, 4) is 11.6 Å². The number of hydrazine groups is 1. The lowest BCUT2D eigenvalue weighted by Crippen LogP contribution is -2.30. The second kappa shape index (κ2) is 8.03. The summed E-state index contributed by atoms with van der Waals surface area (Å²) in [5.74, 6) is 0.588. The molecule has 0 fully saturated rings. The van der Waals surface area contributed by atoms with Crippen LogP contribution in [-0.2, 0) is 0 Å². The Hall–Kier alpha value is -2.84. The number of carbonyl (C=O) groups excluding carboxylic acids is 1. The van der Waals surface area contributed by atoms with Crippen molar-refractivity contribution in [3.05, 3.63) is 69.9 Å². The third-order valence-corrected chi connectivity index (χ3v) is 4.06. The highest BCUT2D eigenvalue weighted by atomic mass is 79.9. The number of benzene rings is 2. The van der Waals surface area contributed by atoms with E-state index >= 15 is 0 Å². The fourth-order valence-electron chi connectivity index (χ4n) is 1.96. The molecule has 3 aromatic rings. The van der Waals surface area contributed by atoms with Gasteiger partial charge in [-0.1, -0.05) is 27.5 Å². The first kappa shape index (κ1) is 18.0. The molecule has 0 bridgehead atoms. The molecule has 1 aromatic heterocycles. The van der Waals surface area contributed by atoms with E-state index in [9.17, 15) is 4.79 Å². The highest BCUT2D eigenvalue weighted by Crippen LogP contribution is 2.29. The molecule has 0 spiro atoms. The Bertz CT molecular complexity index is 919. The molecule has 0 radical (unpaired) electrons. The maximum atomic E-state index is 12.1. The summed E-state index contributed by atoms with van der Waals surface area (Å²) in [5, 5.41) is 0.546. The number of rotatable bonds is 5. The number of anilines is 2. The van der Waals surface area contributed by atoms with Crippen LogP contribution in [0.1, 0.15) is 10.4 Å². The Kier molecular flexibility index (Phi) is 5.55. The largest absolute Gasteiger partial charge is 0.437 e. The summed E-state index contributed by atoms with van der Waals surface area (Å²) < 4.78 is 6.57. The highest BCUT2D eigenvalue weighted by Gasteiger charge is 2.12. The van der Waals surface area contributed by atoms with Crippen molar-refractivity contribution in [1.82, 2.24) is 15.4 Å². The minimum absolute atomic E-state index is 0.159. The number of amides is 1. The molecule has 1 amide bonds.